The van der Waals surface area contributed by atoms with E-state index in [1.165, 1.54) is 0 Å². The highest BCUT2D eigenvalue weighted by molar-refractivity contribution is 6.02. The maximum absolute atomic E-state index is 10.3. The number of benzene rings is 1. The van der Waals surface area contributed by atoms with Crippen LogP contribution >= 0.6 is 0 Å². The van der Waals surface area contributed by atoms with Crippen LogP contribution in [0.25, 0.3) is 21.9 Å². The Bertz CT molecular complexity index is 982. The quantitative estimate of drug-likeness (QED) is 0.396. The summed E-state index contributed by atoms with van der Waals surface area (Å²) < 4.78 is 13.2. The molecule has 0 radical (unpaired) electrons. The van der Waals surface area contributed by atoms with Crippen molar-refractivity contribution in [3.8, 4) is 0 Å². The number of hydrogen-bond acceptors (Lipinski definition) is 6. The fraction of sp³-hybridized carbons (Fsp3) is 0.583. The lowest BCUT2D eigenvalue weighted by Crippen LogP contribution is -2.45. The number of aromatic nitrogens is 3. The molecular weight excluding hydrogens is 392 g/mol. The number of ether oxygens (including phenoxy) is 2. The highest BCUT2D eigenvalue weighted by Crippen LogP contribution is 2.26. The number of rotatable bonds is 10. The van der Waals surface area contributed by atoms with Crippen molar-refractivity contribution in [1.29, 1.82) is 0 Å². The molecule has 1 atom stereocenters. The Kier molecular flexibility index (Phi) is 7.50. The van der Waals surface area contributed by atoms with Crippen LogP contribution in [0.4, 0.5) is 0 Å². The van der Waals surface area contributed by atoms with Crippen LogP contribution in [0.5, 0.6) is 0 Å². The molecule has 7 nitrogen and oxygen atoms in total. The summed E-state index contributed by atoms with van der Waals surface area (Å²) in [4.78, 5) is 11.7. The van der Waals surface area contributed by atoms with Gasteiger partial charge in [-0.15, -0.1) is 0 Å². The molecule has 0 amide bonds. The number of aryl methyl sites for hydroxylation is 1. The number of hydrogen-bond donors (Lipinski definition) is 1. The number of imidazole rings is 1. The summed E-state index contributed by atoms with van der Waals surface area (Å²) in [5, 5.41) is 11.4. The summed E-state index contributed by atoms with van der Waals surface area (Å²) >= 11 is 0. The number of nitrogens with zero attached hydrogens (tertiary/aromatic N) is 4. The van der Waals surface area contributed by atoms with E-state index in [0.717, 1.165) is 86.2 Å². The molecular formula is C24H34N4O3. The zero-order chi connectivity index (χ0) is 21.6. The van der Waals surface area contributed by atoms with Gasteiger partial charge >= 0.3 is 0 Å². The van der Waals surface area contributed by atoms with E-state index in [9.17, 15) is 5.11 Å². The van der Waals surface area contributed by atoms with Gasteiger partial charge in [0.05, 0.1) is 23.8 Å². The standard InChI is InChI=1S/C24H34N4O3/c1-18(29)27(19-9-15-31-16-10-19)12-5-6-13-28-23(11-14-30-2)26-22-17-25-21-8-4-3-7-20(21)24(22)28/h3-4,7-8,17-19,29H,5-6,9-16H2,1-2H3. The summed E-state index contributed by atoms with van der Waals surface area (Å²) in [5.41, 5.74) is 3.10. The van der Waals surface area contributed by atoms with Gasteiger partial charge in [0.1, 0.15) is 17.6 Å². The van der Waals surface area contributed by atoms with Crippen molar-refractivity contribution in [2.75, 3.05) is 33.5 Å². The molecule has 7 heteroatoms. The molecule has 1 aromatic carbocycles. The van der Waals surface area contributed by atoms with Crippen LogP contribution in [0.15, 0.2) is 30.5 Å². The number of methoxy groups -OCH3 is 1. The van der Waals surface area contributed by atoms with E-state index >= 15 is 0 Å². The molecule has 1 aliphatic rings. The molecule has 168 valence electrons. The first-order valence-electron chi connectivity index (χ1n) is 11.4. The van der Waals surface area contributed by atoms with E-state index in [0.29, 0.717) is 12.6 Å². The molecule has 0 bridgehead atoms. The topological polar surface area (TPSA) is 72.6 Å². The van der Waals surface area contributed by atoms with E-state index < -0.39 is 6.23 Å². The van der Waals surface area contributed by atoms with Crippen LogP contribution in [0.1, 0.15) is 38.4 Å². The Labute approximate surface area is 184 Å². The molecule has 4 rings (SSSR count). The molecule has 1 N–H and O–H groups in total. The third-order valence-electron chi connectivity index (χ3n) is 6.28. The van der Waals surface area contributed by atoms with Crippen LogP contribution in [-0.4, -0.2) is 70.3 Å². The molecule has 1 aliphatic heterocycles. The summed E-state index contributed by atoms with van der Waals surface area (Å²) in [6.07, 6.45) is 6.27. The van der Waals surface area contributed by atoms with Gasteiger partial charge in [-0.3, -0.25) is 9.88 Å². The Morgan fingerprint density at radius 2 is 2.03 bits per heavy atom. The van der Waals surface area contributed by atoms with Crippen molar-refractivity contribution in [2.45, 2.75) is 57.8 Å². The van der Waals surface area contributed by atoms with E-state index in [4.69, 9.17) is 14.5 Å². The van der Waals surface area contributed by atoms with Gasteiger partial charge in [-0.2, -0.15) is 0 Å². The molecule has 1 saturated heterocycles. The predicted molar refractivity (Wildman–Crippen MR) is 122 cm³/mol. The first-order valence-corrected chi connectivity index (χ1v) is 11.4. The summed E-state index contributed by atoms with van der Waals surface area (Å²) in [7, 11) is 1.73. The molecule has 3 aromatic rings. The second-order valence-corrected chi connectivity index (χ2v) is 8.35. The lowest BCUT2D eigenvalue weighted by atomic mass is 10.1. The van der Waals surface area contributed by atoms with Crippen molar-refractivity contribution >= 4 is 21.9 Å². The zero-order valence-electron chi connectivity index (χ0n) is 18.7. The third-order valence-corrected chi connectivity index (χ3v) is 6.28. The number of aliphatic hydroxyl groups is 1. The monoisotopic (exact) mass is 426 g/mol. The number of aliphatic hydroxyl groups excluding tert-OH is 1. The first-order chi connectivity index (χ1) is 15.2. The van der Waals surface area contributed by atoms with Gasteiger partial charge in [0.25, 0.3) is 0 Å². The van der Waals surface area contributed by atoms with Crippen LogP contribution < -0.4 is 0 Å². The van der Waals surface area contributed by atoms with Gasteiger partial charge in [-0.1, -0.05) is 18.2 Å². The first kappa shape index (κ1) is 22.1. The van der Waals surface area contributed by atoms with E-state index in [1.807, 2.05) is 19.2 Å². The van der Waals surface area contributed by atoms with Gasteiger partial charge in [-0.05, 0) is 38.7 Å². The molecule has 3 heterocycles. The molecule has 0 saturated carbocycles. The molecule has 2 aromatic heterocycles. The largest absolute Gasteiger partial charge is 0.384 e. The smallest absolute Gasteiger partial charge is 0.112 e. The van der Waals surface area contributed by atoms with Gasteiger partial charge in [-0.25, -0.2) is 4.98 Å². The van der Waals surface area contributed by atoms with Crippen LogP contribution in [0.3, 0.4) is 0 Å². The normalized spacial score (nSPS) is 16.5. The molecule has 0 aliphatic carbocycles. The molecule has 1 fully saturated rings. The number of para-hydroxylation sites is 1. The van der Waals surface area contributed by atoms with Crippen LogP contribution in [-0.2, 0) is 22.4 Å². The van der Waals surface area contributed by atoms with Crippen LogP contribution in [0, 0.1) is 0 Å². The maximum atomic E-state index is 10.3. The van der Waals surface area contributed by atoms with Crippen LogP contribution in [0.2, 0.25) is 0 Å². The fourth-order valence-electron chi connectivity index (χ4n) is 4.69. The molecule has 0 spiro atoms. The number of pyridine rings is 1. The third kappa shape index (κ3) is 5.06. The lowest BCUT2D eigenvalue weighted by Gasteiger charge is -2.36. The van der Waals surface area contributed by atoms with Gasteiger partial charge < -0.3 is 19.1 Å². The van der Waals surface area contributed by atoms with Gasteiger partial charge in [0.2, 0.25) is 0 Å². The minimum Gasteiger partial charge on any atom is -0.384 e. The van der Waals surface area contributed by atoms with Gasteiger partial charge in [0.15, 0.2) is 0 Å². The van der Waals surface area contributed by atoms with E-state index in [2.05, 4.69) is 32.7 Å². The van der Waals surface area contributed by atoms with Crippen molar-refractivity contribution in [1.82, 2.24) is 19.4 Å². The van der Waals surface area contributed by atoms with Gasteiger partial charge in [0, 0.05) is 51.3 Å². The number of fused-ring (bicyclic) bond motifs is 3. The van der Waals surface area contributed by atoms with Crippen molar-refractivity contribution in [2.24, 2.45) is 0 Å². The average Bonchev–Trinajstić information content (AvgIpc) is 3.15. The molecule has 1 unspecified atom stereocenters. The second kappa shape index (κ2) is 10.5. The SMILES string of the molecule is COCCc1nc2cnc3ccccc3c2n1CCCCN(C(C)O)C1CCOCC1. The predicted octanol–water partition coefficient (Wildman–Crippen LogP) is 3.37. The van der Waals surface area contributed by atoms with E-state index in [-0.39, 0.29) is 0 Å². The highest BCUT2D eigenvalue weighted by Gasteiger charge is 2.24. The lowest BCUT2D eigenvalue weighted by molar-refractivity contribution is -0.0490. The Hall–Kier alpha value is -2.06. The number of unbranched alkanes of at least 4 members (excludes halogenated alkanes) is 1. The van der Waals surface area contributed by atoms with Crippen molar-refractivity contribution in [3.63, 3.8) is 0 Å². The summed E-state index contributed by atoms with van der Waals surface area (Å²) in [6.45, 7) is 5.89. The fourth-order valence-corrected chi connectivity index (χ4v) is 4.69. The minimum atomic E-state index is -0.426. The Morgan fingerprint density at radius 3 is 2.81 bits per heavy atom. The van der Waals surface area contributed by atoms with Crippen molar-refractivity contribution < 1.29 is 14.6 Å². The Balaban J connectivity index is 1.50. The average molecular weight is 427 g/mol. The minimum absolute atomic E-state index is 0.412. The summed E-state index contributed by atoms with van der Waals surface area (Å²) in [6, 6.07) is 8.67. The zero-order valence-corrected chi connectivity index (χ0v) is 18.7. The van der Waals surface area contributed by atoms with Crippen molar-refractivity contribution in [3.05, 3.63) is 36.3 Å². The van der Waals surface area contributed by atoms with E-state index in [1.54, 1.807) is 7.11 Å². The second-order valence-electron chi connectivity index (χ2n) is 8.35. The summed E-state index contributed by atoms with van der Waals surface area (Å²) in [5.74, 6) is 1.05. The maximum Gasteiger partial charge on any atom is 0.112 e. The molecule has 31 heavy (non-hydrogen) atoms. The Morgan fingerprint density at radius 1 is 1.23 bits per heavy atom. The highest BCUT2D eigenvalue weighted by atomic mass is 16.5.